The van der Waals surface area contributed by atoms with Crippen molar-refractivity contribution in [3.63, 3.8) is 0 Å². The van der Waals surface area contributed by atoms with Gasteiger partial charge in [-0.25, -0.2) is 0 Å². The lowest BCUT2D eigenvalue weighted by atomic mass is 10.1. The third kappa shape index (κ3) is 4.73. The number of nitrogens with zero attached hydrogens (tertiary/aromatic N) is 1. The van der Waals surface area contributed by atoms with Crippen molar-refractivity contribution in [1.29, 1.82) is 0 Å². The normalized spacial score (nSPS) is 13.8. The predicted molar refractivity (Wildman–Crippen MR) is 53.3 cm³/mol. The van der Waals surface area contributed by atoms with Crippen molar-refractivity contribution >= 4 is 0 Å². The number of hydrogen-bond acceptors (Lipinski definition) is 2. The van der Waals surface area contributed by atoms with Crippen LogP contribution in [-0.4, -0.2) is 36.2 Å². The summed E-state index contributed by atoms with van der Waals surface area (Å²) in [4.78, 5) is 2.36. The zero-order valence-electron chi connectivity index (χ0n) is 8.71. The fraction of sp³-hybridized carbons (Fsp3) is 1.00. The summed E-state index contributed by atoms with van der Waals surface area (Å²) in [6.07, 6.45) is 4.53. The number of rotatable bonds is 7. The first-order valence-electron chi connectivity index (χ1n) is 5.07. The molecule has 2 heteroatoms. The Labute approximate surface area is 76.6 Å². The molecule has 1 N–H and O–H groups in total. The van der Waals surface area contributed by atoms with E-state index in [-0.39, 0.29) is 0 Å². The Morgan fingerprint density at radius 1 is 1.17 bits per heavy atom. The Hall–Kier alpha value is -0.0800. The number of aliphatic hydroxyl groups is 1. The summed E-state index contributed by atoms with van der Waals surface area (Å²) in [7, 11) is 2.15. The van der Waals surface area contributed by atoms with Crippen molar-refractivity contribution in [2.45, 2.75) is 45.6 Å². The summed E-state index contributed by atoms with van der Waals surface area (Å²) in [5.74, 6) is 0. The van der Waals surface area contributed by atoms with E-state index in [4.69, 9.17) is 5.11 Å². The van der Waals surface area contributed by atoms with E-state index in [2.05, 4.69) is 25.8 Å². The first-order chi connectivity index (χ1) is 5.76. The van der Waals surface area contributed by atoms with Crippen molar-refractivity contribution in [3.8, 4) is 0 Å². The van der Waals surface area contributed by atoms with Crippen molar-refractivity contribution in [1.82, 2.24) is 4.90 Å². The van der Waals surface area contributed by atoms with Crippen LogP contribution >= 0.6 is 0 Å². The van der Waals surface area contributed by atoms with Crippen LogP contribution in [0.4, 0.5) is 0 Å². The largest absolute Gasteiger partial charge is 0.396 e. The monoisotopic (exact) mass is 173 g/mol. The highest BCUT2D eigenvalue weighted by Crippen LogP contribution is 2.09. The molecule has 0 amide bonds. The molecule has 0 radical (unpaired) electrons. The Morgan fingerprint density at radius 3 is 2.25 bits per heavy atom. The van der Waals surface area contributed by atoms with Gasteiger partial charge in [-0.05, 0) is 32.9 Å². The van der Waals surface area contributed by atoms with Crippen LogP contribution in [0.1, 0.15) is 39.5 Å². The smallest absolute Gasteiger partial charge is 0.0445 e. The fourth-order valence-corrected chi connectivity index (χ4v) is 1.60. The van der Waals surface area contributed by atoms with Gasteiger partial charge in [-0.3, -0.25) is 0 Å². The molecule has 0 saturated heterocycles. The molecule has 0 aliphatic rings. The minimum absolute atomic E-state index is 0.318. The van der Waals surface area contributed by atoms with Crippen LogP contribution in [0.15, 0.2) is 0 Å². The van der Waals surface area contributed by atoms with Crippen molar-refractivity contribution < 1.29 is 5.11 Å². The second-order valence-electron chi connectivity index (χ2n) is 3.44. The van der Waals surface area contributed by atoms with Gasteiger partial charge in [0.05, 0.1) is 0 Å². The highest BCUT2D eigenvalue weighted by molar-refractivity contribution is 4.67. The lowest BCUT2D eigenvalue weighted by Gasteiger charge is -2.26. The van der Waals surface area contributed by atoms with Gasteiger partial charge >= 0.3 is 0 Å². The van der Waals surface area contributed by atoms with E-state index >= 15 is 0 Å². The van der Waals surface area contributed by atoms with E-state index in [0.29, 0.717) is 12.6 Å². The van der Waals surface area contributed by atoms with E-state index < -0.39 is 0 Å². The summed E-state index contributed by atoms with van der Waals surface area (Å²) in [5.41, 5.74) is 0. The van der Waals surface area contributed by atoms with E-state index in [1.807, 2.05) is 0 Å². The van der Waals surface area contributed by atoms with Crippen LogP contribution in [0, 0.1) is 0 Å². The van der Waals surface area contributed by atoms with Crippen LogP contribution in [0.2, 0.25) is 0 Å². The molecule has 1 atom stereocenters. The molecular weight excluding hydrogens is 150 g/mol. The van der Waals surface area contributed by atoms with Crippen LogP contribution in [0.3, 0.4) is 0 Å². The first-order valence-corrected chi connectivity index (χ1v) is 5.07. The molecule has 0 aromatic carbocycles. The van der Waals surface area contributed by atoms with Crippen LogP contribution in [-0.2, 0) is 0 Å². The summed E-state index contributed by atoms with van der Waals surface area (Å²) >= 11 is 0. The third-order valence-electron chi connectivity index (χ3n) is 2.28. The Morgan fingerprint density at radius 2 is 1.83 bits per heavy atom. The molecule has 0 aromatic rings. The van der Waals surface area contributed by atoms with Crippen molar-refractivity contribution in [3.05, 3.63) is 0 Å². The van der Waals surface area contributed by atoms with Crippen LogP contribution in [0.5, 0.6) is 0 Å². The maximum atomic E-state index is 8.85. The molecule has 12 heavy (non-hydrogen) atoms. The summed E-state index contributed by atoms with van der Waals surface area (Å²) in [5, 5.41) is 8.85. The number of aliphatic hydroxyl groups excluding tert-OH is 1. The molecule has 0 rings (SSSR count). The molecular formula is C10H23NO. The molecule has 0 aliphatic heterocycles. The van der Waals surface area contributed by atoms with Crippen LogP contribution < -0.4 is 0 Å². The maximum Gasteiger partial charge on any atom is 0.0445 e. The van der Waals surface area contributed by atoms with Gasteiger partial charge in [-0.2, -0.15) is 0 Å². The molecule has 0 aromatic heterocycles. The van der Waals surface area contributed by atoms with Gasteiger partial charge in [0.15, 0.2) is 0 Å². The quantitative estimate of drug-likeness (QED) is 0.635. The van der Waals surface area contributed by atoms with E-state index in [1.54, 1.807) is 0 Å². The Bertz CT molecular complexity index is 89.8. The second-order valence-corrected chi connectivity index (χ2v) is 3.44. The van der Waals surface area contributed by atoms with Gasteiger partial charge in [0.25, 0.3) is 0 Å². The summed E-state index contributed by atoms with van der Waals surface area (Å²) < 4.78 is 0. The average molecular weight is 173 g/mol. The lowest BCUT2D eigenvalue weighted by Crippen LogP contribution is -2.33. The highest BCUT2D eigenvalue weighted by Gasteiger charge is 2.11. The first kappa shape index (κ1) is 11.9. The van der Waals surface area contributed by atoms with Gasteiger partial charge < -0.3 is 10.0 Å². The van der Waals surface area contributed by atoms with Gasteiger partial charge in [-0.15, -0.1) is 0 Å². The SMILES string of the molecule is CCCC(CCO)N(C)CCC. The van der Waals surface area contributed by atoms with Gasteiger partial charge in [0.2, 0.25) is 0 Å². The Balaban J connectivity index is 3.72. The third-order valence-corrected chi connectivity index (χ3v) is 2.28. The fourth-order valence-electron chi connectivity index (χ4n) is 1.60. The zero-order valence-corrected chi connectivity index (χ0v) is 8.71. The van der Waals surface area contributed by atoms with Crippen LogP contribution in [0.25, 0.3) is 0 Å². The summed E-state index contributed by atoms with van der Waals surface area (Å²) in [6, 6.07) is 0.583. The molecule has 0 spiro atoms. The van der Waals surface area contributed by atoms with Crippen molar-refractivity contribution in [2.75, 3.05) is 20.2 Å². The van der Waals surface area contributed by atoms with Gasteiger partial charge in [0, 0.05) is 12.6 Å². The van der Waals surface area contributed by atoms with E-state index in [0.717, 1.165) is 13.0 Å². The van der Waals surface area contributed by atoms with Gasteiger partial charge in [-0.1, -0.05) is 20.3 Å². The molecule has 1 unspecified atom stereocenters. The minimum atomic E-state index is 0.318. The molecule has 0 fully saturated rings. The van der Waals surface area contributed by atoms with E-state index in [1.165, 1.54) is 19.3 Å². The zero-order chi connectivity index (χ0) is 9.40. The topological polar surface area (TPSA) is 23.5 Å². The molecule has 0 saturated carbocycles. The van der Waals surface area contributed by atoms with Crippen molar-refractivity contribution in [2.24, 2.45) is 0 Å². The average Bonchev–Trinajstić information content (AvgIpc) is 2.04. The predicted octanol–water partition coefficient (Wildman–Crippen LogP) is 1.88. The molecule has 74 valence electrons. The molecule has 2 nitrogen and oxygen atoms in total. The number of hydrogen-bond donors (Lipinski definition) is 1. The molecule has 0 aliphatic carbocycles. The highest BCUT2D eigenvalue weighted by atomic mass is 16.3. The minimum Gasteiger partial charge on any atom is -0.396 e. The Kier molecular flexibility index (Phi) is 7.51. The maximum absolute atomic E-state index is 8.85. The van der Waals surface area contributed by atoms with Gasteiger partial charge in [0.1, 0.15) is 0 Å². The molecule has 0 heterocycles. The second kappa shape index (κ2) is 7.56. The molecule has 0 bridgehead atoms. The lowest BCUT2D eigenvalue weighted by molar-refractivity contribution is 0.176. The van der Waals surface area contributed by atoms with E-state index in [9.17, 15) is 0 Å². The standard InChI is InChI=1S/C10H23NO/c1-4-6-10(7-9-12)11(3)8-5-2/h10,12H,4-9H2,1-3H3. The summed E-state index contributed by atoms with van der Waals surface area (Å²) in [6.45, 7) is 5.85.